The number of carbonyl (C=O) groups is 2. The van der Waals surface area contributed by atoms with Crippen LogP contribution in [0.15, 0.2) is 30.5 Å². The Bertz CT molecular complexity index is 624. The average molecular weight is 296 g/mol. The van der Waals surface area contributed by atoms with E-state index in [1.54, 1.807) is 6.20 Å². The number of amides is 1. The Morgan fingerprint density at radius 3 is 2.71 bits per heavy atom. The molecule has 0 aliphatic carbocycles. The fourth-order valence-electron chi connectivity index (χ4n) is 2.21. The van der Waals surface area contributed by atoms with Crippen molar-refractivity contribution >= 4 is 22.8 Å². The van der Waals surface area contributed by atoms with Crippen LogP contribution in [0.25, 0.3) is 10.9 Å². The summed E-state index contributed by atoms with van der Waals surface area (Å²) in [6.07, 6.45) is 2.98. The Kier molecular flexibility index (Phi) is 6.95. The molecule has 2 N–H and O–H groups in total. The largest absolute Gasteiger partial charge is 1.00 e. The van der Waals surface area contributed by atoms with E-state index in [1.807, 2.05) is 31.2 Å². The number of para-hydroxylation sites is 1. The molecule has 5 nitrogen and oxygen atoms in total. The maximum atomic E-state index is 11.5. The molecule has 0 aliphatic heterocycles. The zero-order valence-corrected chi connectivity index (χ0v) is 14.3. The number of carboxylic acid groups (broad SMARTS) is 1. The molecule has 6 heteroatoms. The van der Waals surface area contributed by atoms with Crippen molar-refractivity contribution in [3.63, 3.8) is 0 Å². The number of aromatic nitrogens is 1. The van der Waals surface area contributed by atoms with Gasteiger partial charge in [-0.15, -0.1) is 0 Å². The number of benzene rings is 1. The van der Waals surface area contributed by atoms with Gasteiger partial charge in [0.1, 0.15) is 0 Å². The van der Waals surface area contributed by atoms with E-state index in [2.05, 4.69) is 10.3 Å². The molecule has 0 saturated heterocycles. The van der Waals surface area contributed by atoms with E-state index < -0.39 is 12.0 Å². The van der Waals surface area contributed by atoms with Crippen molar-refractivity contribution in [2.75, 3.05) is 0 Å². The normalized spacial score (nSPS) is 11.7. The van der Waals surface area contributed by atoms with Crippen LogP contribution in [0.2, 0.25) is 0 Å². The van der Waals surface area contributed by atoms with Crippen molar-refractivity contribution in [2.24, 2.45) is 0 Å². The summed E-state index contributed by atoms with van der Waals surface area (Å²) in [4.78, 5) is 25.8. The van der Waals surface area contributed by atoms with Crippen LogP contribution in [0.3, 0.4) is 0 Å². The molecule has 0 spiro atoms. The number of aliphatic carboxylic acids is 1. The van der Waals surface area contributed by atoms with E-state index in [0.29, 0.717) is 12.8 Å². The van der Waals surface area contributed by atoms with Crippen molar-refractivity contribution in [1.82, 2.24) is 10.3 Å². The molecule has 2 aromatic rings. The van der Waals surface area contributed by atoms with Gasteiger partial charge in [-0.05, 0) is 18.1 Å². The maximum Gasteiger partial charge on any atom is 1.00 e. The molecule has 0 unspecified atom stereocenters. The second kappa shape index (κ2) is 8.22. The maximum absolute atomic E-state index is 11.5. The van der Waals surface area contributed by atoms with Crippen molar-refractivity contribution in [1.29, 1.82) is 0 Å². The Hall–Kier alpha value is -1.30. The van der Waals surface area contributed by atoms with E-state index in [4.69, 9.17) is 0 Å². The average Bonchev–Trinajstić information content (AvgIpc) is 2.82. The topological polar surface area (TPSA) is 85.0 Å². The van der Waals surface area contributed by atoms with Gasteiger partial charge in [-0.1, -0.05) is 25.1 Å². The zero-order chi connectivity index (χ0) is 14.5. The van der Waals surface area contributed by atoms with Gasteiger partial charge in [0, 0.05) is 29.9 Å². The van der Waals surface area contributed by atoms with Crippen molar-refractivity contribution in [3.05, 3.63) is 36.0 Å². The second-order valence-corrected chi connectivity index (χ2v) is 4.75. The monoisotopic (exact) mass is 296 g/mol. The van der Waals surface area contributed by atoms with Crippen molar-refractivity contribution < 1.29 is 44.3 Å². The quantitative estimate of drug-likeness (QED) is 0.591. The molecule has 1 aromatic heterocycles. The number of aromatic amines is 1. The molecular formula is C15H17N2NaO3. The predicted molar refractivity (Wildman–Crippen MR) is 73.8 cm³/mol. The number of H-pyrrole nitrogens is 1. The molecule has 1 atom stereocenters. The van der Waals surface area contributed by atoms with Crippen molar-refractivity contribution in [3.8, 4) is 0 Å². The minimum absolute atomic E-state index is 0. The number of carboxylic acids is 1. The van der Waals surface area contributed by atoms with Gasteiger partial charge >= 0.3 is 29.6 Å². The molecule has 2 rings (SSSR count). The molecule has 106 valence electrons. The molecule has 0 radical (unpaired) electrons. The van der Waals surface area contributed by atoms with Crippen molar-refractivity contribution in [2.45, 2.75) is 32.2 Å². The Morgan fingerprint density at radius 1 is 1.33 bits per heavy atom. The van der Waals surface area contributed by atoms with Crippen LogP contribution in [-0.2, 0) is 16.0 Å². The summed E-state index contributed by atoms with van der Waals surface area (Å²) in [6, 6.07) is 6.63. The summed E-state index contributed by atoms with van der Waals surface area (Å²) in [5, 5.41) is 14.6. The Balaban J connectivity index is 0.00000220. The fourth-order valence-corrected chi connectivity index (χ4v) is 2.21. The van der Waals surface area contributed by atoms with Gasteiger partial charge in [0.05, 0.1) is 12.0 Å². The summed E-state index contributed by atoms with van der Waals surface area (Å²) >= 11 is 0. The number of carbonyl (C=O) groups excluding carboxylic acids is 2. The van der Waals surface area contributed by atoms with E-state index in [0.717, 1.165) is 16.5 Å². The first-order valence-corrected chi connectivity index (χ1v) is 6.67. The zero-order valence-electron chi connectivity index (χ0n) is 12.3. The SMILES string of the molecule is CCCC(=O)N[C@@H](Cc1c[nH]c2ccccc12)C(=O)[O-].[Na+]. The van der Waals surface area contributed by atoms with E-state index in [9.17, 15) is 14.7 Å². The Morgan fingerprint density at radius 2 is 2.05 bits per heavy atom. The van der Waals surface area contributed by atoms with Gasteiger partial charge < -0.3 is 20.2 Å². The summed E-state index contributed by atoms with van der Waals surface area (Å²) in [5.74, 6) is -1.53. The van der Waals surface area contributed by atoms with Crippen LogP contribution >= 0.6 is 0 Å². The van der Waals surface area contributed by atoms with Gasteiger partial charge in [-0.3, -0.25) is 4.79 Å². The molecule has 1 amide bonds. The summed E-state index contributed by atoms with van der Waals surface area (Å²) in [6.45, 7) is 1.87. The fraction of sp³-hybridized carbons (Fsp3) is 0.333. The molecule has 1 heterocycles. The number of nitrogens with one attached hydrogen (secondary N) is 2. The smallest absolute Gasteiger partial charge is 0.548 e. The number of rotatable bonds is 6. The minimum atomic E-state index is -1.26. The third-order valence-electron chi connectivity index (χ3n) is 3.20. The molecular weight excluding hydrogens is 279 g/mol. The molecule has 0 fully saturated rings. The van der Waals surface area contributed by atoms with Crippen LogP contribution in [0.1, 0.15) is 25.3 Å². The van der Waals surface area contributed by atoms with Gasteiger partial charge in [0.2, 0.25) is 5.91 Å². The van der Waals surface area contributed by atoms with Gasteiger partial charge in [-0.2, -0.15) is 0 Å². The predicted octanol–water partition coefficient (Wildman–Crippen LogP) is -2.25. The minimum Gasteiger partial charge on any atom is -0.548 e. The number of hydrogen-bond acceptors (Lipinski definition) is 3. The third-order valence-corrected chi connectivity index (χ3v) is 3.20. The van der Waals surface area contributed by atoms with Gasteiger partial charge in [-0.25, -0.2) is 0 Å². The van der Waals surface area contributed by atoms with Crippen LogP contribution in [0.5, 0.6) is 0 Å². The van der Waals surface area contributed by atoms with E-state index in [-0.39, 0.29) is 41.9 Å². The van der Waals surface area contributed by atoms with Crippen LogP contribution in [0, 0.1) is 0 Å². The standard InChI is InChI=1S/C15H18N2O3.Na/c1-2-5-14(18)17-13(15(19)20)8-10-9-16-12-7-4-3-6-11(10)12;/h3-4,6-7,9,13,16H,2,5,8H2,1H3,(H,17,18)(H,19,20);/q;+1/p-1/t13-;/m0./s1. The van der Waals surface area contributed by atoms with Crippen LogP contribution in [-0.4, -0.2) is 22.9 Å². The molecule has 0 bridgehead atoms. The first-order chi connectivity index (χ1) is 9.61. The molecule has 21 heavy (non-hydrogen) atoms. The first kappa shape index (κ1) is 17.8. The molecule has 0 saturated carbocycles. The summed E-state index contributed by atoms with van der Waals surface area (Å²) < 4.78 is 0. The number of hydrogen-bond donors (Lipinski definition) is 2. The van der Waals surface area contributed by atoms with Crippen LogP contribution in [0.4, 0.5) is 0 Å². The molecule has 0 aliphatic rings. The third kappa shape index (κ3) is 4.59. The summed E-state index contributed by atoms with van der Waals surface area (Å²) in [7, 11) is 0. The van der Waals surface area contributed by atoms with Crippen LogP contribution < -0.4 is 40.0 Å². The van der Waals surface area contributed by atoms with Gasteiger partial charge in [0.25, 0.3) is 0 Å². The Labute approximate surface area is 145 Å². The van der Waals surface area contributed by atoms with Gasteiger partial charge in [0.15, 0.2) is 0 Å². The van der Waals surface area contributed by atoms with E-state index in [1.165, 1.54) is 0 Å². The first-order valence-electron chi connectivity index (χ1n) is 6.67. The number of fused-ring (bicyclic) bond motifs is 1. The summed E-state index contributed by atoms with van der Waals surface area (Å²) in [5.41, 5.74) is 1.80. The molecule has 1 aromatic carbocycles. The second-order valence-electron chi connectivity index (χ2n) is 4.75. The van der Waals surface area contributed by atoms with E-state index >= 15 is 0 Å².